The highest BCUT2D eigenvalue weighted by atomic mass is 19.4. The summed E-state index contributed by atoms with van der Waals surface area (Å²) in [5, 5.41) is 21.0. The molecular weight excluding hydrogens is 377 g/mol. The van der Waals surface area contributed by atoms with Crippen LogP contribution < -0.4 is 0 Å². The number of aromatic amines is 1. The number of H-pyrrole nitrogens is 1. The van der Waals surface area contributed by atoms with Crippen LogP contribution in [0.1, 0.15) is 48.6 Å². The molecule has 0 unspecified atom stereocenters. The topological polar surface area (TPSA) is 85.2 Å². The molecule has 2 aliphatic rings. The van der Waals surface area contributed by atoms with E-state index in [4.69, 9.17) is 9.47 Å². The normalized spacial score (nSPS) is 20.0. The molecule has 2 saturated heterocycles. The van der Waals surface area contributed by atoms with Crippen LogP contribution in [0, 0.1) is 5.92 Å². The maximum atomic E-state index is 12.9. The van der Waals surface area contributed by atoms with Gasteiger partial charge in [-0.15, -0.1) is 0 Å². The SMILES string of the molecule is Oc1c(CC2CCOCC2)c(C2CCOCC2)nn1-c1cc(C(F)(F)F)n[nH]1. The van der Waals surface area contributed by atoms with Crippen LogP contribution in [0.5, 0.6) is 5.88 Å². The van der Waals surface area contributed by atoms with Gasteiger partial charge in [-0.2, -0.15) is 28.1 Å². The van der Waals surface area contributed by atoms with Gasteiger partial charge in [-0.25, -0.2) is 0 Å². The molecule has 10 heteroatoms. The minimum absolute atomic E-state index is 0.00337. The van der Waals surface area contributed by atoms with E-state index in [9.17, 15) is 18.3 Å². The molecule has 4 heterocycles. The zero-order chi connectivity index (χ0) is 19.7. The molecule has 2 aromatic heterocycles. The molecule has 7 nitrogen and oxygen atoms in total. The molecule has 0 aromatic carbocycles. The van der Waals surface area contributed by atoms with Crippen molar-refractivity contribution >= 4 is 0 Å². The molecule has 0 aliphatic carbocycles. The third-order valence-corrected chi connectivity index (χ3v) is 5.51. The Morgan fingerprint density at radius 1 is 1.11 bits per heavy atom. The van der Waals surface area contributed by atoms with Gasteiger partial charge in [0.25, 0.3) is 0 Å². The van der Waals surface area contributed by atoms with Crippen molar-refractivity contribution < 1.29 is 27.8 Å². The van der Waals surface area contributed by atoms with Crippen LogP contribution in [0.25, 0.3) is 5.82 Å². The molecule has 2 fully saturated rings. The highest BCUT2D eigenvalue weighted by molar-refractivity contribution is 5.40. The third-order valence-electron chi connectivity index (χ3n) is 5.51. The maximum Gasteiger partial charge on any atom is 0.435 e. The standard InChI is InChI=1S/C18H23F3N4O3/c19-18(20,21)14-10-15(23-22-14)25-17(26)13(9-11-1-5-27-6-2-11)16(24-25)12-3-7-28-8-4-12/h10-12,26H,1-9H2,(H,22,23). The van der Waals surface area contributed by atoms with Crippen LogP contribution >= 0.6 is 0 Å². The first kappa shape index (κ1) is 19.3. The first-order valence-electron chi connectivity index (χ1n) is 9.52. The monoisotopic (exact) mass is 400 g/mol. The van der Waals surface area contributed by atoms with E-state index in [1.807, 2.05) is 0 Å². The van der Waals surface area contributed by atoms with Gasteiger partial charge in [0.15, 0.2) is 11.5 Å². The second-order valence-electron chi connectivity index (χ2n) is 7.38. The maximum absolute atomic E-state index is 12.9. The van der Waals surface area contributed by atoms with Crippen LogP contribution in [0.3, 0.4) is 0 Å². The van der Waals surface area contributed by atoms with Gasteiger partial charge in [-0.1, -0.05) is 0 Å². The van der Waals surface area contributed by atoms with Crippen LogP contribution in [-0.4, -0.2) is 51.5 Å². The number of aromatic hydroxyl groups is 1. The van der Waals surface area contributed by atoms with E-state index in [1.165, 1.54) is 0 Å². The third kappa shape index (κ3) is 3.88. The smallest absolute Gasteiger partial charge is 0.435 e. The van der Waals surface area contributed by atoms with Gasteiger partial charge in [0.1, 0.15) is 0 Å². The molecule has 2 N–H and O–H groups in total. The minimum Gasteiger partial charge on any atom is -0.493 e. The Labute approximate surface area is 159 Å². The summed E-state index contributed by atoms with van der Waals surface area (Å²) in [5.74, 6) is 0.339. The van der Waals surface area contributed by atoms with Crippen molar-refractivity contribution in [3.05, 3.63) is 23.0 Å². The van der Waals surface area contributed by atoms with Crippen LogP contribution in [0.2, 0.25) is 0 Å². The number of nitrogens with one attached hydrogen (secondary N) is 1. The van der Waals surface area contributed by atoms with Crippen molar-refractivity contribution in [2.24, 2.45) is 5.92 Å². The molecule has 0 spiro atoms. The zero-order valence-corrected chi connectivity index (χ0v) is 15.3. The molecule has 4 rings (SSSR count). The quantitative estimate of drug-likeness (QED) is 0.824. The van der Waals surface area contributed by atoms with Crippen LogP contribution in [0.15, 0.2) is 6.07 Å². The van der Waals surface area contributed by atoms with E-state index in [0.29, 0.717) is 44.3 Å². The zero-order valence-electron chi connectivity index (χ0n) is 15.3. The lowest BCUT2D eigenvalue weighted by Gasteiger charge is -2.24. The predicted molar refractivity (Wildman–Crippen MR) is 92.4 cm³/mol. The van der Waals surface area contributed by atoms with Gasteiger partial charge >= 0.3 is 6.18 Å². The fourth-order valence-electron chi connectivity index (χ4n) is 3.93. The van der Waals surface area contributed by atoms with E-state index in [-0.39, 0.29) is 17.6 Å². The van der Waals surface area contributed by atoms with Crippen molar-refractivity contribution in [3.8, 4) is 11.7 Å². The number of halogens is 3. The fourth-order valence-corrected chi connectivity index (χ4v) is 3.93. The Bertz CT molecular complexity index is 806. The number of hydrogen-bond donors (Lipinski definition) is 2. The number of nitrogens with zero attached hydrogens (tertiary/aromatic N) is 3. The van der Waals surface area contributed by atoms with Crippen molar-refractivity contribution in [2.45, 2.75) is 44.2 Å². The van der Waals surface area contributed by atoms with Gasteiger partial charge in [0, 0.05) is 44.0 Å². The second-order valence-corrected chi connectivity index (χ2v) is 7.38. The lowest BCUT2D eigenvalue weighted by atomic mass is 9.87. The molecule has 154 valence electrons. The van der Waals surface area contributed by atoms with Gasteiger partial charge in [0.2, 0.25) is 5.88 Å². The predicted octanol–water partition coefficient (Wildman–Crippen LogP) is 3.18. The molecule has 0 atom stereocenters. The fraction of sp³-hybridized carbons (Fsp3) is 0.667. The molecule has 0 bridgehead atoms. The lowest BCUT2D eigenvalue weighted by Crippen LogP contribution is -2.19. The first-order valence-corrected chi connectivity index (χ1v) is 9.52. The van der Waals surface area contributed by atoms with E-state index < -0.39 is 11.9 Å². The largest absolute Gasteiger partial charge is 0.493 e. The van der Waals surface area contributed by atoms with Crippen molar-refractivity contribution in [1.29, 1.82) is 0 Å². The summed E-state index contributed by atoms with van der Waals surface area (Å²) in [6, 6.07) is 0.860. The van der Waals surface area contributed by atoms with Crippen LogP contribution in [-0.2, 0) is 22.1 Å². The highest BCUT2D eigenvalue weighted by Gasteiger charge is 2.35. The Morgan fingerprint density at radius 2 is 1.75 bits per heavy atom. The van der Waals surface area contributed by atoms with Crippen molar-refractivity contribution in [1.82, 2.24) is 20.0 Å². The summed E-state index contributed by atoms with van der Waals surface area (Å²) < 4.78 is 50.7. The van der Waals surface area contributed by atoms with Crippen molar-refractivity contribution in [2.75, 3.05) is 26.4 Å². The van der Waals surface area contributed by atoms with Crippen LogP contribution in [0.4, 0.5) is 13.2 Å². The Balaban J connectivity index is 1.69. The average molecular weight is 400 g/mol. The van der Waals surface area contributed by atoms with Gasteiger partial charge in [0.05, 0.1) is 5.69 Å². The summed E-state index contributed by atoms with van der Waals surface area (Å²) in [6.07, 6.45) is -0.615. The molecule has 0 saturated carbocycles. The first-order chi connectivity index (χ1) is 13.4. The molecular formula is C18H23F3N4O3. The lowest BCUT2D eigenvalue weighted by molar-refractivity contribution is -0.141. The Morgan fingerprint density at radius 3 is 2.36 bits per heavy atom. The van der Waals surface area contributed by atoms with Crippen molar-refractivity contribution in [3.63, 3.8) is 0 Å². The number of aromatic nitrogens is 4. The molecule has 0 radical (unpaired) electrons. The molecule has 28 heavy (non-hydrogen) atoms. The number of alkyl halides is 3. The van der Waals surface area contributed by atoms with E-state index >= 15 is 0 Å². The second kappa shape index (κ2) is 7.75. The Kier molecular flexibility index (Phi) is 5.33. The minimum atomic E-state index is -4.56. The van der Waals surface area contributed by atoms with Gasteiger partial charge < -0.3 is 14.6 Å². The molecule has 0 amide bonds. The molecule has 2 aromatic rings. The summed E-state index contributed by atoms with van der Waals surface area (Å²) in [7, 11) is 0. The summed E-state index contributed by atoms with van der Waals surface area (Å²) >= 11 is 0. The Hall–Kier alpha value is -2.07. The van der Waals surface area contributed by atoms with E-state index in [2.05, 4.69) is 15.3 Å². The number of hydrogen-bond acceptors (Lipinski definition) is 5. The number of ether oxygens (including phenoxy) is 2. The molecule has 2 aliphatic heterocycles. The van der Waals surface area contributed by atoms with E-state index in [1.54, 1.807) is 0 Å². The summed E-state index contributed by atoms with van der Waals surface area (Å²) in [4.78, 5) is 0. The van der Waals surface area contributed by atoms with E-state index in [0.717, 1.165) is 42.1 Å². The number of rotatable bonds is 4. The summed E-state index contributed by atoms with van der Waals surface area (Å²) in [5.41, 5.74) is 0.411. The summed E-state index contributed by atoms with van der Waals surface area (Å²) in [6.45, 7) is 2.58. The van der Waals surface area contributed by atoms with Gasteiger partial charge in [-0.3, -0.25) is 5.10 Å². The van der Waals surface area contributed by atoms with Gasteiger partial charge in [-0.05, 0) is 38.0 Å². The highest BCUT2D eigenvalue weighted by Crippen LogP contribution is 2.37. The average Bonchev–Trinajstić information content (AvgIpc) is 3.29.